The first-order valence-corrected chi connectivity index (χ1v) is 12.1. The Morgan fingerprint density at radius 2 is 1.97 bits per heavy atom. The van der Waals surface area contributed by atoms with Crippen molar-refractivity contribution >= 4 is 29.4 Å². The van der Waals surface area contributed by atoms with Gasteiger partial charge in [-0.05, 0) is 53.2 Å². The van der Waals surface area contributed by atoms with E-state index in [1.165, 1.54) is 30.3 Å². The zero-order chi connectivity index (χ0) is 28.0. The van der Waals surface area contributed by atoms with Crippen LogP contribution in [0.15, 0.2) is 59.7 Å². The second-order valence-electron chi connectivity index (χ2n) is 8.37. The zero-order valence-electron chi connectivity index (χ0n) is 20.9. The fraction of sp³-hybridized carbons (Fsp3) is 0.231. The maximum absolute atomic E-state index is 13.5. The molecule has 13 heteroatoms. The van der Waals surface area contributed by atoms with E-state index in [4.69, 9.17) is 16.3 Å². The Morgan fingerprint density at radius 3 is 2.69 bits per heavy atom. The highest BCUT2D eigenvalue weighted by Crippen LogP contribution is 2.35. The summed E-state index contributed by atoms with van der Waals surface area (Å²) in [4.78, 5) is 22.3. The van der Waals surface area contributed by atoms with Crippen LogP contribution in [-0.2, 0) is 12.6 Å². The lowest BCUT2D eigenvalue weighted by Crippen LogP contribution is -2.26. The summed E-state index contributed by atoms with van der Waals surface area (Å²) in [5.74, 6) is 0.781. The molecule has 9 nitrogen and oxygen atoms in total. The van der Waals surface area contributed by atoms with Crippen LogP contribution in [0.5, 0.6) is 5.75 Å². The number of rotatable bonds is 9. The molecule has 0 aliphatic heterocycles. The molecule has 0 bridgehead atoms. The van der Waals surface area contributed by atoms with Crippen molar-refractivity contribution in [3.05, 3.63) is 82.4 Å². The lowest BCUT2D eigenvalue weighted by atomic mass is 9.99. The average molecular weight is 558 g/mol. The molecule has 0 spiro atoms. The number of nitrogens with zero attached hydrogens (tertiary/aromatic N) is 6. The fourth-order valence-electron chi connectivity index (χ4n) is 3.83. The number of pyridine rings is 1. The summed E-state index contributed by atoms with van der Waals surface area (Å²) < 4.78 is 45.6. The number of amides is 1. The first kappa shape index (κ1) is 27.7. The number of nitrogens with one attached hydrogen (secondary N) is 1. The molecule has 0 saturated carbocycles. The molecule has 202 valence electrons. The van der Waals surface area contributed by atoms with Crippen LogP contribution in [0.3, 0.4) is 0 Å². The number of alkyl halides is 3. The molecule has 4 aromatic rings. The number of H-pyrrole nitrogens is 1. The van der Waals surface area contributed by atoms with Crippen molar-refractivity contribution in [2.45, 2.75) is 19.0 Å². The molecule has 2 aromatic carbocycles. The van der Waals surface area contributed by atoms with E-state index in [0.29, 0.717) is 47.8 Å². The quantitative estimate of drug-likeness (QED) is 0.222. The lowest BCUT2D eigenvalue weighted by Gasteiger charge is -2.21. The topological polar surface area (TPSA) is 109 Å². The minimum absolute atomic E-state index is 0.166. The number of hydrogen-bond acceptors (Lipinski definition) is 7. The molecule has 0 radical (unpaired) electrons. The van der Waals surface area contributed by atoms with Crippen molar-refractivity contribution in [2.24, 2.45) is 4.99 Å². The summed E-state index contributed by atoms with van der Waals surface area (Å²) >= 11 is 6.41. The van der Waals surface area contributed by atoms with Crippen LogP contribution in [0.4, 0.5) is 18.9 Å². The number of hydrogen-bond donors (Lipinski definition) is 1. The number of para-hydroxylation sites is 2. The fourth-order valence-corrected chi connectivity index (χ4v) is 4.05. The van der Waals surface area contributed by atoms with E-state index in [1.54, 1.807) is 37.4 Å². The largest absolute Gasteiger partial charge is 0.491 e. The summed E-state index contributed by atoms with van der Waals surface area (Å²) in [6.07, 6.45) is -1.01. The summed E-state index contributed by atoms with van der Waals surface area (Å²) in [6, 6.07) is 12.6. The number of benzene rings is 2. The van der Waals surface area contributed by atoms with Gasteiger partial charge in [-0.2, -0.15) is 13.2 Å². The minimum Gasteiger partial charge on any atom is -0.491 e. The highest BCUT2D eigenvalue weighted by atomic mass is 35.5. The van der Waals surface area contributed by atoms with E-state index in [1.807, 2.05) is 0 Å². The number of ether oxygens (including phenoxy) is 1. The number of tetrazole rings is 1. The molecule has 4 rings (SSSR count). The Bertz CT molecular complexity index is 1480. The Morgan fingerprint density at radius 1 is 1.18 bits per heavy atom. The third-order valence-electron chi connectivity index (χ3n) is 5.73. The first-order chi connectivity index (χ1) is 18.7. The van der Waals surface area contributed by atoms with Gasteiger partial charge in [0.25, 0.3) is 5.91 Å². The van der Waals surface area contributed by atoms with E-state index >= 15 is 0 Å². The predicted octanol–water partition coefficient (Wildman–Crippen LogP) is 5.27. The molecule has 0 saturated heterocycles. The number of carbonyl (C=O) groups is 1. The second kappa shape index (κ2) is 12.0. The summed E-state index contributed by atoms with van der Waals surface area (Å²) in [5.41, 5.74) is 0.567. The Balaban J connectivity index is 1.58. The van der Waals surface area contributed by atoms with Gasteiger partial charge in [0, 0.05) is 60.2 Å². The van der Waals surface area contributed by atoms with Crippen molar-refractivity contribution in [3.8, 4) is 16.9 Å². The van der Waals surface area contributed by atoms with Crippen LogP contribution in [0.1, 0.15) is 33.9 Å². The van der Waals surface area contributed by atoms with Crippen LogP contribution >= 0.6 is 11.6 Å². The molecule has 0 unspecified atom stereocenters. The van der Waals surface area contributed by atoms with Gasteiger partial charge >= 0.3 is 6.18 Å². The molecule has 0 fully saturated rings. The van der Waals surface area contributed by atoms with Crippen molar-refractivity contribution in [3.63, 3.8) is 0 Å². The Hall–Kier alpha value is -4.32. The maximum atomic E-state index is 13.5. The molecule has 0 atom stereocenters. The maximum Gasteiger partial charge on any atom is 0.433 e. The molecule has 39 heavy (non-hydrogen) atoms. The summed E-state index contributed by atoms with van der Waals surface area (Å²) in [7, 11) is 3.05. The van der Waals surface area contributed by atoms with E-state index in [0.717, 1.165) is 12.3 Å². The minimum atomic E-state index is -4.62. The molecule has 0 aliphatic rings. The normalized spacial score (nSPS) is 11.6. The van der Waals surface area contributed by atoms with Crippen molar-refractivity contribution < 1.29 is 22.7 Å². The number of aromatic nitrogens is 5. The first-order valence-electron chi connectivity index (χ1n) is 11.7. The molecular formula is C26H23ClF3N7O2. The van der Waals surface area contributed by atoms with Gasteiger partial charge in [0.2, 0.25) is 0 Å². The third kappa shape index (κ3) is 6.58. The van der Waals surface area contributed by atoms with Gasteiger partial charge in [0.05, 0.1) is 12.3 Å². The number of aryl methyl sites for hydroxylation is 1. The van der Waals surface area contributed by atoms with Crippen molar-refractivity contribution in [1.29, 1.82) is 0 Å². The van der Waals surface area contributed by atoms with E-state index < -0.39 is 11.9 Å². The number of anilines is 1. The summed E-state index contributed by atoms with van der Waals surface area (Å²) in [5, 5.41) is 13.8. The van der Waals surface area contributed by atoms with E-state index in [2.05, 4.69) is 30.6 Å². The molecule has 0 aliphatic carbocycles. The van der Waals surface area contributed by atoms with Gasteiger partial charge in [0.1, 0.15) is 17.3 Å². The van der Waals surface area contributed by atoms with Gasteiger partial charge in [-0.25, -0.2) is 5.10 Å². The van der Waals surface area contributed by atoms with Crippen LogP contribution in [0.25, 0.3) is 11.1 Å². The highest BCUT2D eigenvalue weighted by Gasteiger charge is 2.33. The monoisotopic (exact) mass is 557 g/mol. The zero-order valence-corrected chi connectivity index (χ0v) is 21.7. The second-order valence-corrected chi connectivity index (χ2v) is 8.78. The number of aromatic amines is 1. The SMILES string of the molecule is C/N=C\c1cc(C(F)(F)F)ncc1-c1cc(C(=O)N(C)c2ccccc2OCCCc2nnn[nH]2)ccc1Cl. The molecular weight excluding hydrogens is 535 g/mol. The van der Waals surface area contributed by atoms with Gasteiger partial charge < -0.3 is 9.64 Å². The number of carbonyl (C=O) groups excluding carboxylic acids is 1. The Labute approximate surface area is 226 Å². The van der Waals surface area contributed by atoms with E-state index in [9.17, 15) is 18.0 Å². The van der Waals surface area contributed by atoms with Crippen LogP contribution in [-0.4, -0.2) is 58.4 Å². The molecule has 2 aromatic heterocycles. The lowest BCUT2D eigenvalue weighted by molar-refractivity contribution is -0.141. The smallest absolute Gasteiger partial charge is 0.433 e. The summed E-state index contributed by atoms with van der Waals surface area (Å²) in [6.45, 7) is 0.369. The standard InChI is InChI=1S/C26H23ClF3N7O2/c1-31-14-17-13-23(26(28,29)30)32-15-19(17)18-12-16(9-10-20(18)27)25(38)37(2)21-6-3-4-7-22(21)39-11-5-8-24-33-35-36-34-24/h3-4,6-7,9-10,12-15H,5,8,11H2,1-2H3,(H,33,34,35,36)/b31-14-. The van der Waals surface area contributed by atoms with Gasteiger partial charge in [-0.15, -0.1) is 5.10 Å². The third-order valence-corrected chi connectivity index (χ3v) is 6.06. The van der Waals surface area contributed by atoms with Gasteiger partial charge in [-0.3, -0.25) is 14.8 Å². The van der Waals surface area contributed by atoms with Crippen molar-refractivity contribution in [2.75, 3.05) is 25.6 Å². The van der Waals surface area contributed by atoms with Gasteiger partial charge in [-0.1, -0.05) is 23.7 Å². The average Bonchev–Trinajstić information content (AvgIpc) is 3.44. The Kier molecular flexibility index (Phi) is 8.55. The predicted molar refractivity (Wildman–Crippen MR) is 140 cm³/mol. The molecule has 1 N–H and O–H groups in total. The van der Waals surface area contributed by atoms with Crippen LogP contribution in [0, 0.1) is 0 Å². The van der Waals surface area contributed by atoms with E-state index in [-0.39, 0.29) is 22.1 Å². The molecule has 1 amide bonds. The van der Waals surface area contributed by atoms with Crippen LogP contribution in [0.2, 0.25) is 5.02 Å². The van der Waals surface area contributed by atoms with Crippen molar-refractivity contribution in [1.82, 2.24) is 25.6 Å². The molecule has 2 heterocycles. The highest BCUT2D eigenvalue weighted by molar-refractivity contribution is 6.33. The van der Waals surface area contributed by atoms with Crippen LogP contribution < -0.4 is 9.64 Å². The van der Waals surface area contributed by atoms with Gasteiger partial charge in [0.15, 0.2) is 0 Å². The number of halogens is 4. The number of aliphatic imine (C=N–C) groups is 1.